The predicted octanol–water partition coefficient (Wildman–Crippen LogP) is 3.65. The normalized spacial score (nSPS) is 14.5. The molecule has 144 valence electrons. The first kappa shape index (κ1) is 19.5. The molecule has 1 aliphatic heterocycles. The number of aryl methyl sites for hydroxylation is 2. The number of sulfone groups is 1. The number of rotatable bonds is 6. The van der Waals surface area contributed by atoms with Crippen LogP contribution in [0.1, 0.15) is 28.7 Å². The van der Waals surface area contributed by atoms with Crippen LogP contribution < -0.4 is 4.90 Å². The minimum atomic E-state index is -3.37. The first-order valence-corrected chi connectivity index (χ1v) is 10.5. The van der Waals surface area contributed by atoms with Gasteiger partial charge in [-0.15, -0.1) is 0 Å². The van der Waals surface area contributed by atoms with E-state index in [1.165, 1.54) is 0 Å². The van der Waals surface area contributed by atoms with E-state index >= 15 is 0 Å². The smallest absolute Gasteiger partial charge is 0.256 e. The number of nitrogens with zero attached hydrogens (tertiary/aromatic N) is 1. The highest BCUT2D eigenvalue weighted by Crippen LogP contribution is 2.30. The summed E-state index contributed by atoms with van der Waals surface area (Å²) in [5.41, 5.74) is 3.53. The topological polar surface area (TPSA) is 54.5 Å². The van der Waals surface area contributed by atoms with Gasteiger partial charge in [-0.1, -0.05) is 42.0 Å². The number of carbonyl (C=O) groups excluding carboxylic acids is 1. The van der Waals surface area contributed by atoms with Crippen LogP contribution in [-0.2, 0) is 32.6 Å². The standard InChI is InChI=1S/C20H21F2NO3S/c1-14-3-2-4-15(9-14)12-27(25,26)13-16-5-7-18-17(10-16)6-8-20(24)23(18)11-19(21)22/h2-5,7,9-10,19H,6,8,11-13H2,1H3. The number of benzene rings is 2. The second-order valence-corrected chi connectivity index (χ2v) is 8.94. The molecule has 27 heavy (non-hydrogen) atoms. The molecule has 0 unspecified atom stereocenters. The number of carbonyl (C=O) groups is 1. The Balaban J connectivity index is 1.79. The maximum absolute atomic E-state index is 12.8. The van der Waals surface area contributed by atoms with Gasteiger partial charge in [0.1, 0.15) is 0 Å². The Morgan fingerprint density at radius 2 is 1.74 bits per heavy atom. The molecule has 0 saturated carbocycles. The molecule has 4 nitrogen and oxygen atoms in total. The van der Waals surface area contributed by atoms with Gasteiger partial charge in [-0.2, -0.15) is 0 Å². The highest BCUT2D eigenvalue weighted by molar-refractivity contribution is 7.89. The third-order valence-corrected chi connectivity index (χ3v) is 6.07. The van der Waals surface area contributed by atoms with Gasteiger partial charge in [0, 0.05) is 12.1 Å². The average molecular weight is 393 g/mol. The molecule has 0 bridgehead atoms. The summed E-state index contributed by atoms with van der Waals surface area (Å²) < 4.78 is 50.6. The monoisotopic (exact) mass is 393 g/mol. The summed E-state index contributed by atoms with van der Waals surface area (Å²) in [6.07, 6.45) is -2.03. The molecular formula is C20H21F2NO3S. The van der Waals surface area contributed by atoms with E-state index in [2.05, 4.69) is 0 Å². The Bertz CT molecular complexity index is 957. The van der Waals surface area contributed by atoms with E-state index in [0.29, 0.717) is 17.7 Å². The van der Waals surface area contributed by atoms with E-state index in [4.69, 9.17) is 0 Å². The summed E-state index contributed by atoms with van der Waals surface area (Å²) in [5, 5.41) is 0. The lowest BCUT2D eigenvalue weighted by atomic mass is 9.99. The van der Waals surface area contributed by atoms with Crippen molar-refractivity contribution in [1.82, 2.24) is 0 Å². The molecule has 1 heterocycles. The van der Waals surface area contributed by atoms with Gasteiger partial charge in [0.2, 0.25) is 5.91 Å². The SMILES string of the molecule is Cc1cccc(CS(=O)(=O)Cc2ccc3c(c2)CCC(=O)N3CC(F)F)c1. The van der Waals surface area contributed by atoms with Crippen molar-refractivity contribution in [2.75, 3.05) is 11.4 Å². The molecule has 0 saturated heterocycles. The predicted molar refractivity (Wildman–Crippen MR) is 101 cm³/mol. The van der Waals surface area contributed by atoms with Crippen molar-refractivity contribution in [1.29, 1.82) is 0 Å². The van der Waals surface area contributed by atoms with Crippen molar-refractivity contribution < 1.29 is 22.0 Å². The van der Waals surface area contributed by atoms with Crippen LogP contribution in [0.2, 0.25) is 0 Å². The Morgan fingerprint density at radius 3 is 2.41 bits per heavy atom. The number of halogens is 2. The van der Waals surface area contributed by atoms with Crippen molar-refractivity contribution in [3.05, 3.63) is 64.7 Å². The summed E-state index contributed by atoms with van der Waals surface area (Å²) in [6.45, 7) is 1.27. The molecule has 0 aromatic heterocycles. The molecule has 0 aliphatic carbocycles. The highest BCUT2D eigenvalue weighted by Gasteiger charge is 2.27. The van der Waals surface area contributed by atoms with Gasteiger partial charge < -0.3 is 4.90 Å². The molecule has 1 aliphatic rings. The summed E-state index contributed by atoms with van der Waals surface area (Å²) in [7, 11) is -3.37. The lowest BCUT2D eigenvalue weighted by molar-refractivity contribution is -0.119. The zero-order valence-corrected chi connectivity index (χ0v) is 15.8. The Hall–Kier alpha value is -2.28. The molecule has 1 amide bonds. The fourth-order valence-corrected chi connectivity index (χ4v) is 4.88. The number of anilines is 1. The van der Waals surface area contributed by atoms with Crippen LogP contribution in [0, 0.1) is 6.92 Å². The Morgan fingerprint density at radius 1 is 1.04 bits per heavy atom. The van der Waals surface area contributed by atoms with Crippen molar-refractivity contribution in [2.24, 2.45) is 0 Å². The zero-order chi connectivity index (χ0) is 19.6. The maximum atomic E-state index is 12.8. The molecule has 0 radical (unpaired) electrons. The fourth-order valence-electron chi connectivity index (χ4n) is 3.40. The molecular weight excluding hydrogens is 372 g/mol. The first-order chi connectivity index (χ1) is 12.7. The van der Waals surface area contributed by atoms with Gasteiger partial charge >= 0.3 is 0 Å². The lowest BCUT2D eigenvalue weighted by Gasteiger charge is -2.29. The summed E-state index contributed by atoms with van der Waals surface area (Å²) in [4.78, 5) is 13.0. The van der Waals surface area contributed by atoms with Crippen molar-refractivity contribution in [3.8, 4) is 0 Å². The third-order valence-electron chi connectivity index (χ3n) is 4.52. The van der Waals surface area contributed by atoms with Crippen LogP contribution in [0.5, 0.6) is 0 Å². The lowest BCUT2D eigenvalue weighted by Crippen LogP contribution is -2.38. The number of hydrogen-bond donors (Lipinski definition) is 0. The first-order valence-electron chi connectivity index (χ1n) is 8.70. The van der Waals surface area contributed by atoms with Crippen molar-refractivity contribution in [3.63, 3.8) is 0 Å². The number of fused-ring (bicyclic) bond motifs is 1. The summed E-state index contributed by atoms with van der Waals surface area (Å²) in [5.74, 6) is -0.513. The van der Waals surface area contributed by atoms with Crippen molar-refractivity contribution >= 4 is 21.4 Å². The number of alkyl halides is 2. The minimum absolute atomic E-state index is 0.0538. The van der Waals surface area contributed by atoms with E-state index in [0.717, 1.165) is 21.6 Å². The van der Waals surface area contributed by atoms with E-state index in [-0.39, 0.29) is 23.8 Å². The average Bonchev–Trinajstić information content (AvgIpc) is 2.56. The maximum Gasteiger partial charge on any atom is 0.256 e. The second-order valence-electron chi connectivity index (χ2n) is 6.88. The van der Waals surface area contributed by atoms with Gasteiger partial charge in [0.05, 0.1) is 18.1 Å². The molecule has 7 heteroatoms. The zero-order valence-electron chi connectivity index (χ0n) is 15.0. The van der Waals surface area contributed by atoms with Gasteiger partial charge in [0.25, 0.3) is 6.43 Å². The van der Waals surface area contributed by atoms with Gasteiger partial charge in [-0.05, 0) is 36.1 Å². The van der Waals surface area contributed by atoms with E-state index in [1.54, 1.807) is 24.3 Å². The summed E-state index contributed by atoms with van der Waals surface area (Å²) in [6, 6.07) is 12.3. The summed E-state index contributed by atoms with van der Waals surface area (Å²) >= 11 is 0. The minimum Gasteiger partial charge on any atom is -0.306 e. The molecule has 0 atom stereocenters. The van der Waals surface area contributed by atoms with Gasteiger partial charge in [0.15, 0.2) is 9.84 Å². The van der Waals surface area contributed by atoms with E-state index in [9.17, 15) is 22.0 Å². The number of hydrogen-bond acceptors (Lipinski definition) is 3. The Kier molecular flexibility index (Phi) is 5.60. The number of amides is 1. The molecule has 2 aromatic rings. The van der Waals surface area contributed by atoms with Gasteiger partial charge in [-0.3, -0.25) is 4.79 Å². The molecule has 0 N–H and O–H groups in total. The quantitative estimate of drug-likeness (QED) is 0.753. The van der Waals surface area contributed by atoms with Crippen LogP contribution in [0.3, 0.4) is 0 Å². The van der Waals surface area contributed by atoms with Gasteiger partial charge in [-0.25, -0.2) is 17.2 Å². The van der Waals surface area contributed by atoms with Crippen LogP contribution >= 0.6 is 0 Å². The van der Waals surface area contributed by atoms with Crippen molar-refractivity contribution in [2.45, 2.75) is 37.7 Å². The van der Waals surface area contributed by atoms with Crippen LogP contribution in [0.15, 0.2) is 42.5 Å². The fraction of sp³-hybridized carbons (Fsp3) is 0.350. The molecule has 3 rings (SSSR count). The Labute approximate surface area is 157 Å². The highest BCUT2D eigenvalue weighted by atomic mass is 32.2. The third kappa shape index (κ3) is 4.91. The molecule has 0 spiro atoms. The van der Waals surface area contributed by atoms with Crippen LogP contribution in [0.25, 0.3) is 0 Å². The molecule has 2 aromatic carbocycles. The molecule has 0 fully saturated rings. The second kappa shape index (κ2) is 7.76. The van der Waals surface area contributed by atoms with Crippen LogP contribution in [0.4, 0.5) is 14.5 Å². The largest absolute Gasteiger partial charge is 0.306 e. The van der Waals surface area contributed by atoms with E-state index in [1.807, 2.05) is 25.1 Å². The van der Waals surface area contributed by atoms with E-state index < -0.39 is 22.8 Å². The van der Waals surface area contributed by atoms with Crippen LogP contribution in [-0.4, -0.2) is 27.3 Å².